The van der Waals surface area contributed by atoms with Crippen LogP contribution in [0.4, 0.5) is 0 Å². The fourth-order valence-electron chi connectivity index (χ4n) is 1.98. The number of amidine groups is 1. The molecular weight excluding hydrogens is 280 g/mol. The second-order valence-electron chi connectivity index (χ2n) is 5.07. The van der Waals surface area contributed by atoms with Gasteiger partial charge in [0.25, 0.3) is 0 Å². The fraction of sp³-hybridized carbons (Fsp3) is 0.438. The van der Waals surface area contributed by atoms with E-state index < -0.39 is 0 Å². The summed E-state index contributed by atoms with van der Waals surface area (Å²) in [5.74, 6) is 0.450. The van der Waals surface area contributed by atoms with Crippen molar-refractivity contribution in [2.45, 2.75) is 39.7 Å². The normalized spacial score (nSPS) is 19.6. The summed E-state index contributed by atoms with van der Waals surface area (Å²) < 4.78 is 0. The molecular formula is C16H20N4O2. The average molecular weight is 300 g/mol. The molecule has 22 heavy (non-hydrogen) atoms. The highest BCUT2D eigenvalue weighted by Gasteiger charge is 2.24. The average Bonchev–Trinajstić information content (AvgIpc) is 2.52. The minimum atomic E-state index is -0.295. The third kappa shape index (κ3) is 3.84. The zero-order valence-electron chi connectivity index (χ0n) is 13.1. The molecule has 6 heteroatoms. The molecule has 1 atom stereocenters. The summed E-state index contributed by atoms with van der Waals surface area (Å²) in [5.41, 5.74) is 2.23. The van der Waals surface area contributed by atoms with Gasteiger partial charge in [-0.05, 0) is 32.4 Å². The minimum Gasteiger partial charge on any atom is -0.395 e. The van der Waals surface area contributed by atoms with E-state index in [1.165, 1.54) is 0 Å². The first-order chi connectivity index (χ1) is 10.7. The number of hydrogen-bond acceptors (Lipinski definition) is 6. The van der Waals surface area contributed by atoms with Gasteiger partial charge in [-0.3, -0.25) is 9.79 Å². The molecule has 1 aliphatic rings. The van der Waals surface area contributed by atoms with Gasteiger partial charge in [-0.2, -0.15) is 0 Å². The Bertz CT molecular complexity index is 635. The number of hydrogen-bond donors (Lipinski definition) is 0. The lowest BCUT2D eigenvalue weighted by molar-refractivity contribution is -0.102. The number of rotatable bonds is 6. The SMILES string of the molecule is CCCCON=C1C(C=O)=NC(c2cccc(C)n2)=NC1C. The summed E-state index contributed by atoms with van der Waals surface area (Å²) in [6, 6.07) is 5.31. The van der Waals surface area contributed by atoms with E-state index in [0.29, 0.717) is 30.1 Å². The number of pyridine rings is 1. The number of aldehydes is 1. The number of aryl methyl sites for hydroxylation is 1. The van der Waals surface area contributed by atoms with Crippen molar-refractivity contribution in [3.05, 3.63) is 29.6 Å². The summed E-state index contributed by atoms with van der Waals surface area (Å²) in [6.07, 6.45) is 2.62. The minimum absolute atomic E-state index is 0.248. The molecule has 0 fully saturated rings. The maximum Gasteiger partial charge on any atom is 0.174 e. The van der Waals surface area contributed by atoms with E-state index in [-0.39, 0.29) is 11.8 Å². The zero-order valence-corrected chi connectivity index (χ0v) is 13.1. The van der Waals surface area contributed by atoms with Crippen LogP contribution in [0, 0.1) is 6.92 Å². The van der Waals surface area contributed by atoms with Gasteiger partial charge in [0.05, 0.1) is 6.04 Å². The molecule has 2 rings (SSSR count). The first-order valence-electron chi connectivity index (χ1n) is 7.41. The molecule has 116 valence electrons. The molecule has 0 aliphatic carbocycles. The summed E-state index contributed by atoms with van der Waals surface area (Å²) in [5, 5.41) is 4.03. The first kappa shape index (κ1) is 16.0. The lowest BCUT2D eigenvalue weighted by Crippen LogP contribution is -2.32. The predicted molar refractivity (Wildman–Crippen MR) is 86.8 cm³/mol. The zero-order chi connectivity index (χ0) is 15.9. The number of carbonyl (C=O) groups is 1. The van der Waals surface area contributed by atoms with Gasteiger partial charge < -0.3 is 4.84 Å². The van der Waals surface area contributed by atoms with Crippen molar-refractivity contribution in [1.29, 1.82) is 0 Å². The smallest absolute Gasteiger partial charge is 0.174 e. The molecule has 2 heterocycles. The Kier molecular flexibility index (Phi) is 5.52. The second kappa shape index (κ2) is 7.59. The Labute approximate surface area is 130 Å². The maximum atomic E-state index is 11.3. The molecule has 0 bridgehead atoms. The van der Waals surface area contributed by atoms with Crippen LogP contribution < -0.4 is 0 Å². The highest BCUT2D eigenvalue weighted by Crippen LogP contribution is 2.11. The Balaban J connectivity index is 2.24. The van der Waals surface area contributed by atoms with E-state index in [4.69, 9.17) is 4.84 Å². The van der Waals surface area contributed by atoms with Crippen molar-refractivity contribution in [3.8, 4) is 0 Å². The van der Waals surface area contributed by atoms with E-state index in [0.717, 1.165) is 18.5 Å². The van der Waals surface area contributed by atoms with Gasteiger partial charge in [0.1, 0.15) is 23.7 Å². The van der Waals surface area contributed by atoms with Crippen molar-refractivity contribution < 1.29 is 9.63 Å². The van der Waals surface area contributed by atoms with E-state index >= 15 is 0 Å². The molecule has 1 aliphatic heterocycles. The highest BCUT2D eigenvalue weighted by molar-refractivity contribution is 6.64. The number of nitrogens with zero attached hydrogens (tertiary/aromatic N) is 4. The van der Waals surface area contributed by atoms with Crippen LogP contribution in [0.1, 0.15) is 38.1 Å². The van der Waals surface area contributed by atoms with Crippen molar-refractivity contribution in [3.63, 3.8) is 0 Å². The largest absolute Gasteiger partial charge is 0.395 e. The van der Waals surface area contributed by atoms with Crippen LogP contribution >= 0.6 is 0 Å². The molecule has 6 nitrogen and oxygen atoms in total. The van der Waals surface area contributed by atoms with Gasteiger partial charge in [0.15, 0.2) is 12.1 Å². The summed E-state index contributed by atoms with van der Waals surface area (Å²) in [7, 11) is 0. The van der Waals surface area contributed by atoms with E-state index in [1.807, 2.05) is 32.0 Å². The predicted octanol–water partition coefficient (Wildman–Crippen LogP) is 2.35. The summed E-state index contributed by atoms with van der Waals surface area (Å²) >= 11 is 0. The summed E-state index contributed by atoms with van der Waals surface area (Å²) in [4.78, 5) is 29.7. The fourth-order valence-corrected chi connectivity index (χ4v) is 1.98. The third-order valence-corrected chi connectivity index (χ3v) is 3.18. The Morgan fingerprint density at radius 2 is 2.23 bits per heavy atom. The maximum absolute atomic E-state index is 11.3. The van der Waals surface area contributed by atoms with E-state index in [1.54, 1.807) is 0 Å². The van der Waals surface area contributed by atoms with Crippen LogP contribution in [0.3, 0.4) is 0 Å². The molecule has 0 N–H and O–H groups in total. The monoisotopic (exact) mass is 300 g/mol. The second-order valence-corrected chi connectivity index (χ2v) is 5.07. The molecule has 0 aromatic carbocycles. The quantitative estimate of drug-likeness (QED) is 0.459. The van der Waals surface area contributed by atoms with Crippen molar-refractivity contribution >= 4 is 23.5 Å². The van der Waals surface area contributed by atoms with Crippen LogP contribution in [0.5, 0.6) is 0 Å². The van der Waals surface area contributed by atoms with Crippen LogP contribution in [0.15, 0.2) is 33.3 Å². The number of aliphatic imine (C=N–C) groups is 2. The van der Waals surface area contributed by atoms with Gasteiger partial charge in [-0.1, -0.05) is 24.6 Å². The molecule has 1 aromatic rings. The number of unbranched alkanes of at least 4 members (excludes halogenated alkanes) is 1. The molecule has 0 spiro atoms. The van der Waals surface area contributed by atoms with Crippen LogP contribution in [0.2, 0.25) is 0 Å². The van der Waals surface area contributed by atoms with Crippen molar-refractivity contribution in [2.75, 3.05) is 6.61 Å². The standard InChI is InChI=1S/C16H20N4O2/c1-4-5-9-22-20-15-12(3)18-16(19-14(15)10-21)13-8-6-7-11(2)17-13/h6-8,10,12H,4-5,9H2,1-3H3. The molecule has 0 saturated heterocycles. The first-order valence-corrected chi connectivity index (χ1v) is 7.41. The van der Waals surface area contributed by atoms with Gasteiger partial charge in [0, 0.05) is 5.69 Å². The van der Waals surface area contributed by atoms with Crippen molar-refractivity contribution in [1.82, 2.24) is 4.98 Å². The third-order valence-electron chi connectivity index (χ3n) is 3.18. The molecule has 0 saturated carbocycles. The topological polar surface area (TPSA) is 76.3 Å². The Morgan fingerprint density at radius 3 is 2.91 bits per heavy atom. The van der Waals surface area contributed by atoms with Gasteiger partial charge in [-0.25, -0.2) is 9.98 Å². The molecule has 1 aromatic heterocycles. The lowest BCUT2D eigenvalue weighted by Gasteiger charge is -2.16. The van der Waals surface area contributed by atoms with E-state index in [9.17, 15) is 4.79 Å². The van der Waals surface area contributed by atoms with Crippen LogP contribution in [-0.4, -0.2) is 41.2 Å². The molecule has 0 radical (unpaired) electrons. The van der Waals surface area contributed by atoms with Crippen LogP contribution in [-0.2, 0) is 9.63 Å². The van der Waals surface area contributed by atoms with Crippen molar-refractivity contribution in [2.24, 2.45) is 15.1 Å². The van der Waals surface area contributed by atoms with Gasteiger partial charge in [-0.15, -0.1) is 0 Å². The summed E-state index contributed by atoms with van der Waals surface area (Å²) in [6.45, 7) is 6.35. The van der Waals surface area contributed by atoms with Gasteiger partial charge >= 0.3 is 0 Å². The van der Waals surface area contributed by atoms with Crippen LogP contribution in [0.25, 0.3) is 0 Å². The van der Waals surface area contributed by atoms with E-state index in [2.05, 4.69) is 27.0 Å². The lowest BCUT2D eigenvalue weighted by atomic mass is 10.1. The number of carbonyl (C=O) groups excluding carboxylic acids is 1. The number of aromatic nitrogens is 1. The highest BCUT2D eigenvalue weighted by atomic mass is 16.6. The Morgan fingerprint density at radius 1 is 1.41 bits per heavy atom. The Hall–Kier alpha value is -2.37. The molecule has 1 unspecified atom stereocenters. The molecule has 0 amide bonds. The number of oxime groups is 1. The van der Waals surface area contributed by atoms with Gasteiger partial charge in [0.2, 0.25) is 0 Å².